The van der Waals surface area contributed by atoms with Gasteiger partial charge in [0, 0.05) is 18.7 Å². The van der Waals surface area contributed by atoms with E-state index in [1.54, 1.807) is 13.2 Å². The van der Waals surface area contributed by atoms with Crippen LogP contribution in [0, 0.1) is 0 Å². The van der Waals surface area contributed by atoms with Gasteiger partial charge in [-0.1, -0.05) is 24.3 Å². The summed E-state index contributed by atoms with van der Waals surface area (Å²) in [6, 6.07) is 13.8. The Morgan fingerprint density at radius 1 is 1.09 bits per heavy atom. The molecule has 2 aromatic rings. The number of likely N-dealkylation sites (tertiary alicyclic amines) is 1. The molecule has 7 nitrogen and oxygen atoms in total. The molecule has 1 atom stereocenters. The molecule has 0 radical (unpaired) electrons. The summed E-state index contributed by atoms with van der Waals surface area (Å²) in [7, 11) is 1.73. The van der Waals surface area contributed by atoms with Crippen LogP contribution in [0.5, 0.6) is 17.2 Å². The van der Waals surface area contributed by atoms with E-state index in [-0.39, 0.29) is 35.8 Å². The first kappa shape index (κ1) is 27.0. The zero-order chi connectivity index (χ0) is 22.8. The molecule has 0 saturated carbocycles. The van der Waals surface area contributed by atoms with Gasteiger partial charge in [-0.15, -0.1) is 24.0 Å². The number of hydrogen-bond acceptors (Lipinski definition) is 5. The number of aromatic hydroxyl groups is 1. The lowest BCUT2D eigenvalue weighted by Gasteiger charge is -2.30. The quantitative estimate of drug-likeness (QED) is 0.225. The van der Waals surface area contributed by atoms with E-state index in [0.717, 1.165) is 43.5 Å². The minimum atomic E-state index is 0. The van der Waals surface area contributed by atoms with Gasteiger partial charge in [0.2, 0.25) is 0 Å². The summed E-state index contributed by atoms with van der Waals surface area (Å²) in [5, 5.41) is 16.8. The van der Waals surface area contributed by atoms with Crippen LogP contribution >= 0.6 is 24.0 Å². The van der Waals surface area contributed by atoms with E-state index in [4.69, 9.17) is 14.5 Å². The lowest BCUT2D eigenvalue weighted by molar-refractivity contribution is 0.239. The maximum atomic E-state index is 9.93. The number of benzene rings is 2. The Kier molecular flexibility index (Phi) is 11.6. The van der Waals surface area contributed by atoms with Gasteiger partial charge in [-0.3, -0.25) is 4.90 Å². The van der Waals surface area contributed by atoms with Crippen LogP contribution in [-0.2, 0) is 6.54 Å². The van der Waals surface area contributed by atoms with Crippen molar-refractivity contribution in [3.05, 3.63) is 53.6 Å². The maximum Gasteiger partial charge on any atom is 0.191 e. The third-order valence-corrected chi connectivity index (χ3v) is 5.63. The van der Waals surface area contributed by atoms with Crippen LogP contribution in [0.3, 0.4) is 0 Å². The SMILES string of the molecule is CCNC(=NCc1ccc(O)c(OCC)c1)NCC(c1ccccc1OC)N1CCCC1.I. The second-order valence-electron chi connectivity index (χ2n) is 7.81. The molecular weight excluding hydrogens is 531 g/mol. The molecule has 8 heteroatoms. The third kappa shape index (κ3) is 7.67. The highest BCUT2D eigenvalue weighted by Gasteiger charge is 2.26. The second kappa shape index (κ2) is 14.1. The van der Waals surface area contributed by atoms with Crippen molar-refractivity contribution >= 4 is 29.9 Å². The number of aliphatic imine (C=N–C) groups is 1. The summed E-state index contributed by atoms with van der Waals surface area (Å²) in [6.07, 6.45) is 2.45. The molecule has 0 spiro atoms. The summed E-state index contributed by atoms with van der Waals surface area (Å²) < 4.78 is 11.1. The molecule has 2 aromatic carbocycles. The van der Waals surface area contributed by atoms with Crippen LogP contribution in [0.25, 0.3) is 0 Å². The molecule has 3 rings (SSSR count). The third-order valence-electron chi connectivity index (χ3n) is 5.63. The number of halogens is 1. The molecule has 1 fully saturated rings. The normalized spacial score (nSPS) is 14.9. The summed E-state index contributed by atoms with van der Waals surface area (Å²) in [5.74, 6) is 2.32. The van der Waals surface area contributed by atoms with Crippen LogP contribution in [-0.4, -0.2) is 55.9 Å². The zero-order valence-electron chi connectivity index (χ0n) is 19.8. The van der Waals surface area contributed by atoms with Gasteiger partial charge in [-0.05, 0) is 63.5 Å². The Bertz CT molecular complexity index is 888. The first-order valence-corrected chi connectivity index (χ1v) is 11.5. The Labute approximate surface area is 214 Å². The molecule has 0 bridgehead atoms. The van der Waals surface area contributed by atoms with Crippen molar-refractivity contribution in [1.29, 1.82) is 0 Å². The summed E-state index contributed by atoms with van der Waals surface area (Å²) >= 11 is 0. The van der Waals surface area contributed by atoms with E-state index in [0.29, 0.717) is 18.9 Å². The number of hydrogen-bond donors (Lipinski definition) is 3. The molecule has 1 saturated heterocycles. The van der Waals surface area contributed by atoms with Gasteiger partial charge < -0.3 is 25.2 Å². The molecule has 1 aliphatic heterocycles. The summed E-state index contributed by atoms with van der Waals surface area (Å²) in [6.45, 7) is 8.63. The minimum absolute atomic E-state index is 0. The monoisotopic (exact) mass is 568 g/mol. The first-order chi connectivity index (χ1) is 15.7. The molecule has 182 valence electrons. The molecule has 1 unspecified atom stereocenters. The predicted octanol–water partition coefficient (Wildman–Crippen LogP) is 4.31. The van der Waals surface area contributed by atoms with Gasteiger partial charge in [0.25, 0.3) is 0 Å². The van der Waals surface area contributed by atoms with Crippen LogP contribution < -0.4 is 20.1 Å². The highest BCUT2D eigenvalue weighted by molar-refractivity contribution is 14.0. The Balaban J connectivity index is 0.00000385. The van der Waals surface area contributed by atoms with Crippen molar-refractivity contribution in [2.75, 3.05) is 39.9 Å². The molecular formula is C25H37IN4O3. The van der Waals surface area contributed by atoms with Crippen molar-refractivity contribution in [2.24, 2.45) is 4.99 Å². The maximum absolute atomic E-state index is 9.93. The predicted molar refractivity (Wildman–Crippen MR) is 144 cm³/mol. The molecule has 1 aliphatic rings. The number of nitrogens with one attached hydrogen (secondary N) is 2. The lowest BCUT2D eigenvalue weighted by Crippen LogP contribution is -2.42. The fourth-order valence-electron chi connectivity index (χ4n) is 4.06. The first-order valence-electron chi connectivity index (χ1n) is 11.5. The molecule has 3 N–H and O–H groups in total. The largest absolute Gasteiger partial charge is 0.504 e. The highest BCUT2D eigenvalue weighted by Crippen LogP contribution is 2.31. The Hall–Kier alpha value is -2.20. The Morgan fingerprint density at radius 3 is 2.55 bits per heavy atom. The molecule has 0 aromatic heterocycles. The number of rotatable bonds is 10. The molecule has 33 heavy (non-hydrogen) atoms. The van der Waals surface area contributed by atoms with E-state index in [1.165, 1.54) is 18.4 Å². The average molecular weight is 569 g/mol. The van der Waals surface area contributed by atoms with Crippen molar-refractivity contribution in [3.8, 4) is 17.2 Å². The topological polar surface area (TPSA) is 78.4 Å². The summed E-state index contributed by atoms with van der Waals surface area (Å²) in [4.78, 5) is 7.27. The van der Waals surface area contributed by atoms with E-state index < -0.39 is 0 Å². The average Bonchev–Trinajstić information content (AvgIpc) is 3.34. The van der Waals surface area contributed by atoms with Crippen molar-refractivity contribution < 1.29 is 14.6 Å². The van der Waals surface area contributed by atoms with Gasteiger partial charge in [0.15, 0.2) is 17.5 Å². The van der Waals surface area contributed by atoms with Crippen molar-refractivity contribution in [2.45, 2.75) is 39.3 Å². The van der Waals surface area contributed by atoms with Gasteiger partial charge in [-0.2, -0.15) is 0 Å². The van der Waals surface area contributed by atoms with Gasteiger partial charge in [0.05, 0.1) is 26.3 Å². The summed E-state index contributed by atoms with van der Waals surface area (Å²) in [5.41, 5.74) is 2.17. The zero-order valence-corrected chi connectivity index (χ0v) is 22.2. The fourth-order valence-corrected chi connectivity index (χ4v) is 4.06. The standard InChI is InChI=1S/C25H36N4O3.HI/c1-4-26-25(27-17-19-12-13-22(30)24(16-19)32-5-2)28-18-21(29-14-8-9-15-29)20-10-6-7-11-23(20)31-3;/h6-7,10-13,16,21,30H,4-5,8-9,14-15,17-18H2,1-3H3,(H2,26,27,28);1H. The van der Waals surface area contributed by atoms with Crippen LogP contribution in [0.1, 0.15) is 43.9 Å². The number of para-hydroxylation sites is 1. The van der Waals surface area contributed by atoms with Crippen molar-refractivity contribution in [1.82, 2.24) is 15.5 Å². The number of phenolic OH excluding ortho intramolecular Hbond substituents is 1. The van der Waals surface area contributed by atoms with Gasteiger partial charge in [-0.25, -0.2) is 4.99 Å². The number of methoxy groups -OCH3 is 1. The van der Waals surface area contributed by atoms with Crippen LogP contribution in [0.4, 0.5) is 0 Å². The lowest BCUT2D eigenvalue weighted by atomic mass is 10.0. The fraction of sp³-hybridized carbons (Fsp3) is 0.480. The van der Waals surface area contributed by atoms with E-state index in [9.17, 15) is 5.11 Å². The van der Waals surface area contributed by atoms with E-state index in [1.807, 2.05) is 31.2 Å². The van der Waals surface area contributed by atoms with Crippen LogP contribution in [0.15, 0.2) is 47.5 Å². The Morgan fingerprint density at radius 2 is 1.85 bits per heavy atom. The van der Waals surface area contributed by atoms with E-state index >= 15 is 0 Å². The highest BCUT2D eigenvalue weighted by atomic mass is 127. The molecule has 0 aliphatic carbocycles. The van der Waals surface area contributed by atoms with Gasteiger partial charge in [0.1, 0.15) is 5.75 Å². The minimum Gasteiger partial charge on any atom is -0.504 e. The second-order valence-corrected chi connectivity index (χ2v) is 7.81. The number of phenols is 1. The number of ether oxygens (including phenoxy) is 2. The number of nitrogens with zero attached hydrogens (tertiary/aromatic N) is 2. The van der Waals surface area contributed by atoms with Gasteiger partial charge >= 0.3 is 0 Å². The molecule has 0 amide bonds. The number of guanidine groups is 1. The molecule has 1 heterocycles. The smallest absolute Gasteiger partial charge is 0.191 e. The van der Waals surface area contributed by atoms with Crippen molar-refractivity contribution in [3.63, 3.8) is 0 Å². The van der Waals surface area contributed by atoms with Crippen LogP contribution in [0.2, 0.25) is 0 Å². The van der Waals surface area contributed by atoms with E-state index in [2.05, 4.69) is 34.6 Å².